The lowest BCUT2D eigenvalue weighted by atomic mass is 9.84. The third-order valence-corrected chi connectivity index (χ3v) is 5.80. The summed E-state index contributed by atoms with van der Waals surface area (Å²) in [6.07, 6.45) is 4.61. The van der Waals surface area contributed by atoms with Crippen LogP contribution in [0.4, 0.5) is 0 Å². The first-order valence-corrected chi connectivity index (χ1v) is 10.7. The smallest absolute Gasteiger partial charge is 0.328 e. The number of carbonyl (C=O) groups is 1. The van der Waals surface area contributed by atoms with Crippen molar-refractivity contribution in [2.75, 3.05) is 26.9 Å². The Hall–Kier alpha value is -1.97. The Kier molecular flexibility index (Phi) is 8.81. The van der Waals surface area contributed by atoms with Gasteiger partial charge in [0, 0.05) is 25.0 Å². The maximum Gasteiger partial charge on any atom is 0.328 e. The number of aryl methyl sites for hydroxylation is 1. The van der Waals surface area contributed by atoms with E-state index in [1.165, 1.54) is 17.9 Å². The van der Waals surface area contributed by atoms with Gasteiger partial charge in [0.1, 0.15) is 5.41 Å². The van der Waals surface area contributed by atoms with Crippen LogP contribution in [0.5, 0.6) is 0 Å². The normalized spacial score (nSPS) is 26.1. The monoisotopic (exact) mass is 425 g/mol. The van der Waals surface area contributed by atoms with Crippen LogP contribution in [0.1, 0.15) is 57.6 Å². The first-order valence-electron chi connectivity index (χ1n) is 10.7. The van der Waals surface area contributed by atoms with Gasteiger partial charge in [0.05, 0.1) is 31.9 Å². The minimum absolute atomic E-state index is 0.0950. The van der Waals surface area contributed by atoms with E-state index < -0.39 is 40.8 Å². The SMILES string of the molecule is CCCCOC[C@@]1(C(=O)OC)C[C@@H](n2cc(C)c(=O)[nH]c2=O)[C@H](N)[C@@H]1OCCCC. The Labute approximate surface area is 176 Å². The van der Waals surface area contributed by atoms with Crippen molar-refractivity contribution in [1.29, 1.82) is 0 Å². The van der Waals surface area contributed by atoms with Gasteiger partial charge in [0.2, 0.25) is 0 Å². The lowest BCUT2D eigenvalue weighted by Gasteiger charge is -2.33. The summed E-state index contributed by atoms with van der Waals surface area (Å²) < 4.78 is 18.5. The first-order chi connectivity index (χ1) is 14.3. The predicted molar refractivity (Wildman–Crippen MR) is 113 cm³/mol. The molecule has 170 valence electrons. The quantitative estimate of drug-likeness (QED) is 0.404. The molecule has 1 aromatic rings. The van der Waals surface area contributed by atoms with Gasteiger partial charge in [-0.3, -0.25) is 19.1 Å². The predicted octanol–water partition coefficient (Wildman–Crippen LogP) is 1.28. The molecule has 1 fully saturated rings. The summed E-state index contributed by atoms with van der Waals surface area (Å²) in [7, 11) is 1.33. The number of esters is 1. The molecular formula is C21H35N3O6. The molecule has 4 atom stereocenters. The van der Waals surface area contributed by atoms with Crippen LogP contribution in [0.25, 0.3) is 0 Å². The Balaban J connectivity index is 2.45. The van der Waals surface area contributed by atoms with Gasteiger partial charge in [-0.1, -0.05) is 26.7 Å². The van der Waals surface area contributed by atoms with Crippen LogP contribution in [0.15, 0.2) is 15.8 Å². The summed E-state index contributed by atoms with van der Waals surface area (Å²) in [6, 6.07) is -1.20. The van der Waals surface area contributed by atoms with Crippen molar-refractivity contribution in [3.05, 3.63) is 32.6 Å². The highest BCUT2D eigenvalue weighted by molar-refractivity contribution is 5.78. The lowest BCUT2D eigenvalue weighted by Crippen LogP contribution is -2.51. The van der Waals surface area contributed by atoms with E-state index in [4.69, 9.17) is 19.9 Å². The maximum atomic E-state index is 13.0. The highest BCUT2D eigenvalue weighted by Gasteiger charge is 2.59. The molecular weight excluding hydrogens is 390 g/mol. The van der Waals surface area contributed by atoms with Crippen LogP contribution in [-0.2, 0) is 19.0 Å². The van der Waals surface area contributed by atoms with Crippen LogP contribution in [0, 0.1) is 12.3 Å². The van der Waals surface area contributed by atoms with Crippen LogP contribution >= 0.6 is 0 Å². The summed E-state index contributed by atoms with van der Waals surface area (Å²) in [4.78, 5) is 39.6. The number of rotatable bonds is 11. The second kappa shape index (κ2) is 10.9. The van der Waals surface area contributed by atoms with Gasteiger partial charge in [0.25, 0.3) is 5.56 Å². The molecule has 0 aromatic carbocycles. The van der Waals surface area contributed by atoms with Gasteiger partial charge in [-0.05, 0) is 26.2 Å². The molecule has 1 aliphatic rings. The molecule has 3 N–H and O–H groups in total. The van der Waals surface area contributed by atoms with Gasteiger partial charge < -0.3 is 19.9 Å². The molecule has 0 amide bonds. The van der Waals surface area contributed by atoms with Crippen molar-refractivity contribution in [2.45, 2.75) is 71.1 Å². The van der Waals surface area contributed by atoms with E-state index in [1.54, 1.807) is 6.92 Å². The van der Waals surface area contributed by atoms with Crippen molar-refractivity contribution in [3.8, 4) is 0 Å². The number of nitrogens with one attached hydrogen (secondary N) is 1. The van der Waals surface area contributed by atoms with E-state index in [-0.39, 0.29) is 13.0 Å². The Bertz CT molecular complexity index is 820. The molecule has 0 spiro atoms. The molecule has 1 aliphatic carbocycles. The third kappa shape index (κ3) is 5.01. The number of nitrogens with two attached hydrogens (primary N) is 1. The molecule has 1 aromatic heterocycles. The van der Waals surface area contributed by atoms with Gasteiger partial charge in [0.15, 0.2) is 0 Å². The van der Waals surface area contributed by atoms with Crippen molar-refractivity contribution >= 4 is 5.97 Å². The molecule has 9 nitrogen and oxygen atoms in total. The van der Waals surface area contributed by atoms with E-state index in [2.05, 4.69) is 11.9 Å². The number of unbranched alkanes of at least 4 members (excludes halogenated alkanes) is 2. The third-order valence-electron chi connectivity index (χ3n) is 5.80. The molecule has 0 aliphatic heterocycles. The number of methoxy groups -OCH3 is 1. The maximum absolute atomic E-state index is 13.0. The minimum atomic E-state index is -1.14. The summed E-state index contributed by atoms with van der Waals surface area (Å²) in [5.41, 5.74) is 4.80. The first kappa shape index (κ1) is 24.3. The van der Waals surface area contributed by atoms with Crippen molar-refractivity contribution < 1.29 is 19.0 Å². The van der Waals surface area contributed by atoms with Crippen LogP contribution in [0.3, 0.4) is 0 Å². The summed E-state index contributed by atoms with van der Waals surface area (Å²) in [5.74, 6) is -0.465. The van der Waals surface area contributed by atoms with Gasteiger partial charge in [-0.2, -0.15) is 0 Å². The fraction of sp³-hybridized carbons (Fsp3) is 0.762. The van der Waals surface area contributed by atoms with Gasteiger partial charge in [-0.15, -0.1) is 0 Å². The van der Waals surface area contributed by atoms with Crippen LogP contribution in [0.2, 0.25) is 0 Å². The Morgan fingerprint density at radius 1 is 1.27 bits per heavy atom. The van der Waals surface area contributed by atoms with Crippen molar-refractivity contribution in [3.63, 3.8) is 0 Å². The molecule has 9 heteroatoms. The van der Waals surface area contributed by atoms with Crippen LogP contribution in [-0.4, -0.2) is 54.6 Å². The fourth-order valence-electron chi connectivity index (χ4n) is 4.04. The van der Waals surface area contributed by atoms with E-state index in [0.717, 1.165) is 25.7 Å². The van der Waals surface area contributed by atoms with Gasteiger partial charge in [-0.25, -0.2) is 4.79 Å². The summed E-state index contributed by atoms with van der Waals surface area (Å²) >= 11 is 0. The number of nitrogens with zero attached hydrogens (tertiary/aromatic N) is 1. The van der Waals surface area contributed by atoms with Crippen LogP contribution < -0.4 is 17.0 Å². The molecule has 1 saturated carbocycles. The number of carbonyl (C=O) groups excluding carboxylic acids is 1. The van der Waals surface area contributed by atoms with Crippen molar-refractivity contribution in [2.24, 2.45) is 11.1 Å². The second-order valence-corrected chi connectivity index (χ2v) is 8.03. The molecule has 2 rings (SSSR count). The number of aromatic nitrogens is 2. The van der Waals surface area contributed by atoms with Crippen molar-refractivity contribution in [1.82, 2.24) is 9.55 Å². The number of hydrogen-bond acceptors (Lipinski definition) is 7. The second-order valence-electron chi connectivity index (χ2n) is 8.03. The fourth-order valence-corrected chi connectivity index (χ4v) is 4.04. The van der Waals surface area contributed by atoms with E-state index in [9.17, 15) is 14.4 Å². The number of hydrogen-bond donors (Lipinski definition) is 2. The van der Waals surface area contributed by atoms with E-state index >= 15 is 0 Å². The lowest BCUT2D eigenvalue weighted by molar-refractivity contribution is -0.168. The average molecular weight is 426 g/mol. The van der Waals surface area contributed by atoms with Gasteiger partial charge >= 0.3 is 11.7 Å². The summed E-state index contributed by atoms with van der Waals surface area (Å²) in [6.45, 7) is 6.76. The minimum Gasteiger partial charge on any atom is -0.468 e. The standard InChI is InChI=1S/C21H35N3O6/c1-5-7-9-29-13-21(19(26)28-4)11-15(16(22)17(21)30-10-8-6-2)24-12-14(3)18(25)23-20(24)27/h12,15-17H,5-11,13,22H2,1-4H3,(H,23,25,27)/t15-,16+,17+,21+/m1/s1. The molecule has 0 saturated heterocycles. The number of aromatic amines is 1. The Morgan fingerprint density at radius 3 is 2.57 bits per heavy atom. The summed E-state index contributed by atoms with van der Waals surface area (Å²) in [5, 5.41) is 0. The number of ether oxygens (including phenoxy) is 3. The topological polar surface area (TPSA) is 126 Å². The largest absolute Gasteiger partial charge is 0.468 e. The van der Waals surface area contributed by atoms with E-state index in [1.807, 2.05) is 6.92 Å². The zero-order valence-corrected chi connectivity index (χ0v) is 18.4. The number of H-pyrrole nitrogens is 1. The molecule has 0 unspecified atom stereocenters. The molecule has 1 heterocycles. The molecule has 0 radical (unpaired) electrons. The molecule has 0 bridgehead atoms. The zero-order chi connectivity index (χ0) is 22.3. The average Bonchev–Trinajstić information content (AvgIpc) is 3.00. The zero-order valence-electron chi connectivity index (χ0n) is 18.4. The molecule has 30 heavy (non-hydrogen) atoms. The highest BCUT2D eigenvalue weighted by atomic mass is 16.5. The highest BCUT2D eigenvalue weighted by Crippen LogP contribution is 2.46. The van der Waals surface area contributed by atoms with E-state index in [0.29, 0.717) is 18.8 Å². The Morgan fingerprint density at radius 2 is 1.93 bits per heavy atom.